The van der Waals surface area contributed by atoms with Crippen LogP contribution in [0, 0.1) is 0 Å². The molecule has 4 heteroatoms. The van der Waals surface area contributed by atoms with E-state index in [2.05, 4.69) is 10.5 Å². The molecule has 76 valence electrons. The van der Waals surface area contributed by atoms with Gasteiger partial charge < -0.3 is 0 Å². The number of nitrogens with zero attached hydrogens (tertiary/aromatic N) is 1. The van der Waals surface area contributed by atoms with E-state index in [-0.39, 0.29) is 5.91 Å². The van der Waals surface area contributed by atoms with Crippen molar-refractivity contribution in [3.63, 3.8) is 0 Å². The third kappa shape index (κ3) is 2.07. The lowest BCUT2D eigenvalue weighted by molar-refractivity contribution is -0.116. The zero-order valence-electron chi connectivity index (χ0n) is 8.12. The Bertz CT molecular complexity index is 477. The maximum atomic E-state index is 11.3. The summed E-state index contributed by atoms with van der Waals surface area (Å²) in [4.78, 5) is 11.3. The van der Waals surface area contributed by atoms with Crippen LogP contribution < -0.4 is 5.43 Å². The van der Waals surface area contributed by atoms with Gasteiger partial charge in [-0.2, -0.15) is 5.10 Å². The molecule has 3 nitrogen and oxygen atoms in total. The summed E-state index contributed by atoms with van der Waals surface area (Å²) in [5, 5.41) is 4.48. The maximum Gasteiger partial charge on any atom is 0.273 e. The van der Waals surface area contributed by atoms with Crippen molar-refractivity contribution in [2.24, 2.45) is 5.10 Å². The molecule has 1 aliphatic heterocycles. The third-order valence-corrected chi connectivity index (χ3v) is 2.35. The SMILES string of the molecule is CC1=NNC(=O)/C1=C\c1cccc(Cl)c1. The monoisotopic (exact) mass is 220 g/mol. The van der Waals surface area contributed by atoms with Gasteiger partial charge in [0, 0.05) is 5.02 Å². The summed E-state index contributed by atoms with van der Waals surface area (Å²) >= 11 is 5.84. The number of hydrazone groups is 1. The highest BCUT2D eigenvalue weighted by molar-refractivity contribution is 6.31. The molecule has 0 radical (unpaired) electrons. The van der Waals surface area contributed by atoms with E-state index in [0.717, 1.165) is 5.56 Å². The topological polar surface area (TPSA) is 41.5 Å². The number of nitrogens with one attached hydrogen (secondary N) is 1. The second kappa shape index (κ2) is 3.87. The molecule has 15 heavy (non-hydrogen) atoms. The van der Waals surface area contributed by atoms with Gasteiger partial charge in [-0.25, -0.2) is 5.43 Å². The lowest BCUT2D eigenvalue weighted by Gasteiger charge is -1.97. The number of hydrogen-bond donors (Lipinski definition) is 1. The normalized spacial score (nSPS) is 17.9. The van der Waals surface area contributed by atoms with Crippen LogP contribution in [0.4, 0.5) is 0 Å². The molecule has 0 atom stereocenters. The highest BCUT2D eigenvalue weighted by Crippen LogP contribution is 2.15. The van der Waals surface area contributed by atoms with Crippen molar-refractivity contribution in [2.45, 2.75) is 6.92 Å². The van der Waals surface area contributed by atoms with Crippen molar-refractivity contribution in [1.29, 1.82) is 0 Å². The Hall–Kier alpha value is -1.61. The fourth-order valence-corrected chi connectivity index (χ4v) is 1.55. The summed E-state index contributed by atoms with van der Waals surface area (Å²) in [5.74, 6) is -0.174. The van der Waals surface area contributed by atoms with Crippen LogP contribution in [-0.4, -0.2) is 11.6 Å². The zero-order valence-corrected chi connectivity index (χ0v) is 8.88. The summed E-state index contributed by atoms with van der Waals surface area (Å²) < 4.78 is 0. The van der Waals surface area contributed by atoms with Crippen molar-refractivity contribution >= 4 is 29.3 Å². The van der Waals surface area contributed by atoms with E-state index in [1.807, 2.05) is 12.1 Å². The smallest absolute Gasteiger partial charge is 0.267 e. The van der Waals surface area contributed by atoms with Gasteiger partial charge in [0.1, 0.15) is 0 Å². The Kier molecular flexibility index (Phi) is 2.56. The van der Waals surface area contributed by atoms with Crippen molar-refractivity contribution < 1.29 is 4.79 Å². The van der Waals surface area contributed by atoms with Gasteiger partial charge in [0.2, 0.25) is 0 Å². The molecule has 2 rings (SSSR count). The predicted molar refractivity (Wildman–Crippen MR) is 60.7 cm³/mol. The van der Waals surface area contributed by atoms with Gasteiger partial charge in [-0.15, -0.1) is 0 Å². The fourth-order valence-electron chi connectivity index (χ4n) is 1.35. The van der Waals surface area contributed by atoms with Crippen LogP contribution in [0.25, 0.3) is 6.08 Å². The predicted octanol–water partition coefficient (Wildman–Crippen LogP) is 2.23. The Balaban J connectivity index is 2.38. The Labute approximate surface area is 92.4 Å². The van der Waals surface area contributed by atoms with E-state index in [4.69, 9.17) is 11.6 Å². The third-order valence-electron chi connectivity index (χ3n) is 2.12. The Morgan fingerprint density at radius 2 is 2.27 bits per heavy atom. The van der Waals surface area contributed by atoms with Crippen LogP contribution in [0.5, 0.6) is 0 Å². The van der Waals surface area contributed by atoms with Crippen LogP contribution in [-0.2, 0) is 4.79 Å². The number of carbonyl (C=O) groups is 1. The van der Waals surface area contributed by atoms with Gasteiger partial charge in [-0.1, -0.05) is 23.7 Å². The second-order valence-corrected chi connectivity index (χ2v) is 3.69. The molecule has 0 bridgehead atoms. The summed E-state index contributed by atoms with van der Waals surface area (Å²) in [7, 11) is 0. The number of hydrogen-bond acceptors (Lipinski definition) is 2. The highest BCUT2D eigenvalue weighted by Gasteiger charge is 2.18. The van der Waals surface area contributed by atoms with E-state index in [0.29, 0.717) is 16.3 Å². The summed E-state index contributed by atoms with van der Waals surface area (Å²) in [6, 6.07) is 7.32. The maximum absolute atomic E-state index is 11.3. The van der Waals surface area contributed by atoms with Crippen LogP contribution in [0.15, 0.2) is 34.9 Å². The summed E-state index contributed by atoms with van der Waals surface area (Å²) in [5.41, 5.74) is 4.57. The van der Waals surface area contributed by atoms with Crippen molar-refractivity contribution in [1.82, 2.24) is 5.43 Å². The molecule has 1 heterocycles. The number of amides is 1. The molecule has 1 aromatic rings. The van der Waals surface area contributed by atoms with E-state index in [9.17, 15) is 4.79 Å². The highest BCUT2D eigenvalue weighted by atomic mass is 35.5. The van der Waals surface area contributed by atoms with Gasteiger partial charge in [0.25, 0.3) is 5.91 Å². The Morgan fingerprint density at radius 1 is 1.47 bits per heavy atom. The summed E-state index contributed by atoms with van der Waals surface area (Å²) in [6.07, 6.45) is 1.77. The minimum atomic E-state index is -0.174. The van der Waals surface area contributed by atoms with Crippen LogP contribution in [0.2, 0.25) is 5.02 Å². The molecule has 0 aliphatic carbocycles. The average Bonchev–Trinajstić information content (AvgIpc) is 2.50. The lowest BCUT2D eigenvalue weighted by atomic mass is 10.1. The van der Waals surface area contributed by atoms with Gasteiger partial charge >= 0.3 is 0 Å². The molecule has 0 unspecified atom stereocenters. The minimum absolute atomic E-state index is 0.174. The van der Waals surface area contributed by atoms with Crippen molar-refractivity contribution in [2.75, 3.05) is 0 Å². The second-order valence-electron chi connectivity index (χ2n) is 3.25. The van der Waals surface area contributed by atoms with Crippen LogP contribution >= 0.6 is 11.6 Å². The van der Waals surface area contributed by atoms with Crippen molar-refractivity contribution in [3.05, 3.63) is 40.4 Å². The van der Waals surface area contributed by atoms with Gasteiger partial charge in [0.15, 0.2) is 0 Å². The van der Waals surface area contributed by atoms with Gasteiger partial charge in [-0.3, -0.25) is 4.79 Å². The molecule has 1 amide bonds. The molecule has 0 saturated heterocycles. The lowest BCUT2D eigenvalue weighted by Crippen LogP contribution is -2.12. The van der Waals surface area contributed by atoms with Crippen molar-refractivity contribution in [3.8, 4) is 0 Å². The van der Waals surface area contributed by atoms with Gasteiger partial charge in [0.05, 0.1) is 11.3 Å². The first-order valence-corrected chi connectivity index (χ1v) is 4.87. The first kappa shape index (κ1) is 9.93. The molecule has 0 spiro atoms. The molecular weight excluding hydrogens is 212 g/mol. The summed E-state index contributed by atoms with van der Waals surface area (Å²) in [6.45, 7) is 1.79. The first-order valence-electron chi connectivity index (χ1n) is 4.49. The van der Waals surface area contributed by atoms with E-state index in [1.165, 1.54) is 0 Å². The van der Waals surface area contributed by atoms with E-state index in [1.54, 1.807) is 25.1 Å². The van der Waals surface area contributed by atoms with Gasteiger partial charge in [-0.05, 0) is 30.7 Å². The molecule has 1 aromatic carbocycles. The molecular formula is C11H9ClN2O. The quantitative estimate of drug-likeness (QED) is 0.725. The molecule has 1 N–H and O–H groups in total. The number of carbonyl (C=O) groups excluding carboxylic acids is 1. The first-order chi connectivity index (χ1) is 7.16. The fraction of sp³-hybridized carbons (Fsp3) is 0.0909. The van der Waals surface area contributed by atoms with E-state index >= 15 is 0 Å². The molecule has 0 aromatic heterocycles. The molecule has 0 fully saturated rings. The number of halogens is 1. The zero-order chi connectivity index (χ0) is 10.8. The number of rotatable bonds is 1. The standard InChI is InChI=1S/C11H9ClN2O/c1-7-10(11(15)14-13-7)6-8-3-2-4-9(12)5-8/h2-6H,1H3,(H,14,15)/b10-6-. The average molecular weight is 221 g/mol. The number of benzene rings is 1. The largest absolute Gasteiger partial charge is 0.273 e. The van der Waals surface area contributed by atoms with E-state index < -0.39 is 0 Å². The van der Waals surface area contributed by atoms with Crippen LogP contribution in [0.1, 0.15) is 12.5 Å². The Morgan fingerprint density at radius 3 is 2.87 bits per heavy atom. The molecule has 0 saturated carbocycles. The minimum Gasteiger partial charge on any atom is -0.267 e. The van der Waals surface area contributed by atoms with Crippen LogP contribution in [0.3, 0.4) is 0 Å². The molecule has 1 aliphatic rings.